The molecular formula is C13H15F3O3. The van der Waals surface area contributed by atoms with Crippen LogP contribution in [0, 0.1) is 5.92 Å². The Bertz CT molecular complexity index is 449. The summed E-state index contributed by atoms with van der Waals surface area (Å²) in [5.74, 6) is -1.53. The number of benzene rings is 1. The molecule has 0 bridgehead atoms. The van der Waals surface area contributed by atoms with Gasteiger partial charge in [-0.15, -0.1) is 0 Å². The van der Waals surface area contributed by atoms with E-state index in [0.29, 0.717) is 0 Å². The van der Waals surface area contributed by atoms with Crippen molar-refractivity contribution >= 4 is 5.97 Å². The molecule has 106 valence electrons. The monoisotopic (exact) mass is 276 g/mol. The maximum Gasteiger partial charge on any atom is 0.416 e. The van der Waals surface area contributed by atoms with Crippen molar-refractivity contribution in [2.45, 2.75) is 25.6 Å². The number of ether oxygens (including phenoxy) is 1. The summed E-state index contributed by atoms with van der Waals surface area (Å²) >= 11 is 0. The molecule has 2 atom stereocenters. The second-order valence-corrected chi connectivity index (χ2v) is 4.47. The van der Waals surface area contributed by atoms with E-state index in [0.717, 1.165) is 24.3 Å². The maximum atomic E-state index is 12.4. The number of hydrogen-bond acceptors (Lipinski definition) is 3. The van der Waals surface area contributed by atoms with Gasteiger partial charge in [-0.3, -0.25) is 4.79 Å². The van der Waals surface area contributed by atoms with Gasteiger partial charge in [0.1, 0.15) is 0 Å². The van der Waals surface area contributed by atoms with E-state index in [1.807, 2.05) is 0 Å². The van der Waals surface area contributed by atoms with E-state index >= 15 is 0 Å². The Morgan fingerprint density at radius 1 is 1.21 bits per heavy atom. The number of hydrogen-bond donors (Lipinski definition) is 1. The topological polar surface area (TPSA) is 46.5 Å². The maximum absolute atomic E-state index is 12.4. The largest absolute Gasteiger partial charge is 0.469 e. The third-order valence-electron chi connectivity index (χ3n) is 3.19. The van der Waals surface area contributed by atoms with Gasteiger partial charge in [-0.05, 0) is 31.5 Å². The summed E-state index contributed by atoms with van der Waals surface area (Å²) in [7, 11) is 1.18. The highest BCUT2D eigenvalue weighted by Crippen LogP contribution is 2.33. The zero-order valence-corrected chi connectivity index (χ0v) is 10.8. The van der Waals surface area contributed by atoms with Crippen molar-refractivity contribution in [2.24, 2.45) is 5.92 Å². The zero-order chi connectivity index (χ0) is 14.8. The van der Waals surface area contributed by atoms with E-state index in [2.05, 4.69) is 4.74 Å². The average molecular weight is 276 g/mol. The number of methoxy groups -OCH3 is 1. The minimum Gasteiger partial charge on any atom is -0.469 e. The average Bonchev–Trinajstić information content (AvgIpc) is 2.36. The van der Waals surface area contributed by atoms with Gasteiger partial charge in [0.2, 0.25) is 0 Å². The summed E-state index contributed by atoms with van der Waals surface area (Å²) in [5, 5.41) is 10.3. The van der Waals surface area contributed by atoms with Gasteiger partial charge in [-0.25, -0.2) is 0 Å². The third-order valence-corrected chi connectivity index (χ3v) is 3.19. The number of esters is 1. The molecule has 0 saturated heterocycles. The van der Waals surface area contributed by atoms with Crippen LogP contribution < -0.4 is 0 Å². The molecule has 0 amide bonds. The summed E-state index contributed by atoms with van der Waals surface area (Å²) in [5.41, 5.74) is -2.19. The molecule has 0 spiro atoms. The van der Waals surface area contributed by atoms with Gasteiger partial charge in [0, 0.05) is 0 Å². The first-order valence-electron chi connectivity index (χ1n) is 5.58. The van der Waals surface area contributed by atoms with Crippen molar-refractivity contribution in [3.05, 3.63) is 35.4 Å². The molecule has 0 aliphatic rings. The van der Waals surface area contributed by atoms with Crippen LogP contribution in [-0.2, 0) is 21.3 Å². The number of aliphatic hydroxyl groups is 1. The number of halogens is 3. The van der Waals surface area contributed by atoms with E-state index in [-0.39, 0.29) is 5.56 Å². The van der Waals surface area contributed by atoms with E-state index in [4.69, 9.17) is 0 Å². The van der Waals surface area contributed by atoms with Crippen molar-refractivity contribution in [3.63, 3.8) is 0 Å². The molecule has 0 radical (unpaired) electrons. The summed E-state index contributed by atoms with van der Waals surface area (Å²) in [6.07, 6.45) is -4.43. The minimum atomic E-state index is -4.43. The number of carbonyl (C=O) groups is 1. The molecule has 0 saturated carbocycles. The normalized spacial score (nSPS) is 16.6. The molecule has 2 unspecified atom stereocenters. The molecule has 1 aromatic rings. The molecule has 0 heterocycles. The molecule has 3 nitrogen and oxygen atoms in total. The Kier molecular flexibility index (Phi) is 4.25. The van der Waals surface area contributed by atoms with Gasteiger partial charge in [0.25, 0.3) is 0 Å². The highest BCUT2D eigenvalue weighted by atomic mass is 19.4. The minimum absolute atomic E-state index is 0.221. The summed E-state index contributed by atoms with van der Waals surface area (Å²) in [6, 6.07) is 4.05. The van der Waals surface area contributed by atoms with Crippen LogP contribution >= 0.6 is 0 Å². The molecule has 0 fully saturated rings. The van der Waals surface area contributed by atoms with E-state index in [1.165, 1.54) is 21.0 Å². The number of alkyl halides is 3. The lowest BCUT2D eigenvalue weighted by molar-refractivity contribution is -0.154. The van der Waals surface area contributed by atoms with Gasteiger partial charge < -0.3 is 9.84 Å². The number of rotatable bonds is 3. The fourth-order valence-corrected chi connectivity index (χ4v) is 1.65. The molecule has 1 N–H and O–H groups in total. The van der Waals surface area contributed by atoms with Gasteiger partial charge in [-0.2, -0.15) is 13.2 Å². The van der Waals surface area contributed by atoms with Crippen molar-refractivity contribution in [3.8, 4) is 0 Å². The second kappa shape index (κ2) is 5.21. The summed E-state index contributed by atoms with van der Waals surface area (Å²) in [6.45, 7) is 2.81. The predicted octanol–water partition coefficient (Wildman–Crippen LogP) is 2.72. The molecule has 1 aromatic carbocycles. The first kappa shape index (κ1) is 15.5. The molecule has 0 aliphatic heterocycles. The molecule has 19 heavy (non-hydrogen) atoms. The SMILES string of the molecule is COC(=O)C(C)C(C)(O)c1ccc(C(F)(F)F)cc1. The first-order chi connectivity index (χ1) is 8.60. The first-order valence-corrected chi connectivity index (χ1v) is 5.58. The smallest absolute Gasteiger partial charge is 0.416 e. The molecule has 6 heteroatoms. The fourth-order valence-electron chi connectivity index (χ4n) is 1.65. The van der Waals surface area contributed by atoms with Crippen LogP contribution in [-0.4, -0.2) is 18.2 Å². The Morgan fingerprint density at radius 3 is 2.00 bits per heavy atom. The highest BCUT2D eigenvalue weighted by molar-refractivity contribution is 5.73. The Balaban J connectivity index is 3.06. The van der Waals surface area contributed by atoms with Crippen molar-refractivity contribution in [1.82, 2.24) is 0 Å². The summed E-state index contributed by atoms with van der Waals surface area (Å²) < 4.78 is 41.8. The van der Waals surface area contributed by atoms with Crippen molar-refractivity contribution < 1.29 is 27.8 Å². The van der Waals surface area contributed by atoms with E-state index in [9.17, 15) is 23.1 Å². The van der Waals surface area contributed by atoms with Gasteiger partial charge in [0.15, 0.2) is 0 Å². The van der Waals surface area contributed by atoms with E-state index < -0.39 is 29.2 Å². The zero-order valence-electron chi connectivity index (χ0n) is 10.8. The van der Waals surface area contributed by atoms with Crippen LogP contribution in [0.15, 0.2) is 24.3 Å². The highest BCUT2D eigenvalue weighted by Gasteiger charge is 2.37. The summed E-state index contributed by atoms with van der Waals surface area (Å²) in [4.78, 5) is 11.4. The van der Waals surface area contributed by atoms with Gasteiger partial charge in [-0.1, -0.05) is 12.1 Å². The van der Waals surface area contributed by atoms with Crippen LogP contribution in [0.4, 0.5) is 13.2 Å². The second-order valence-electron chi connectivity index (χ2n) is 4.47. The third kappa shape index (κ3) is 3.26. The van der Waals surface area contributed by atoms with Crippen molar-refractivity contribution in [2.75, 3.05) is 7.11 Å². The van der Waals surface area contributed by atoms with Crippen LogP contribution in [0.1, 0.15) is 25.0 Å². The quantitative estimate of drug-likeness (QED) is 0.863. The predicted molar refractivity (Wildman–Crippen MR) is 62.2 cm³/mol. The lowest BCUT2D eigenvalue weighted by atomic mass is 9.83. The molecule has 1 rings (SSSR count). The van der Waals surface area contributed by atoms with Crippen LogP contribution in [0.25, 0.3) is 0 Å². The Morgan fingerprint density at radius 2 is 1.63 bits per heavy atom. The Hall–Kier alpha value is -1.56. The fraction of sp³-hybridized carbons (Fsp3) is 0.462. The van der Waals surface area contributed by atoms with Gasteiger partial charge >= 0.3 is 12.1 Å². The van der Waals surface area contributed by atoms with Gasteiger partial charge in [0.05, 0.1) is 24.2 Å². The van der Waals surface area contributed by atoms with E-state index in [1.54, 1.807) is 0 Å². The van der Waals surface area contributed by atoms with Crippen LogP contribution in [0.3, 0.4) is 0 Å². The van der Waals surface area contributed by atoms with Crippen molar-refractivity contribution in [1.29, 1.82) is 0 Å². The lowest BCUT2D eigenvalue weighted by Gasteiger charge is -2.29. The standard InChI is InChI=1S/C13H15F3O3/c1-8(11(17)19-3)12(2,18)9-4-6-10(7-5-9)13(14,15)16/h4-8,18H,1-3H3. The molecule has 0 aliphatic carbocycles. The molecular weight excluding hydrogens is 261 g/mol. The lowest BCUT2D eigenvalue weighted by Crippen LogP contribution is -2.36. The van der Waals surface area contributed by atoms with Crippen LogP contribution in [0.2, 0.25) is 0 Å². The molecule has 0 aromatic heterocycles. The Labute approximate surface area is 109 Å². The number of carbonyl (C=O) groups excluding carboxylic acids is 1. The van der Waals surface area contributed by atoms with Crippen LogP contribution in [0.5, 0.6) is 0 Å².